The predicted octanol–water partition coefficient (Wildman–Crippen LogP) is 3.08. The summed E-state index contributed by atoms with van der Waals surface area (Å²) in [5, 5.41) is 18.5. The van der Waals surface area contributed by atoms with Crippen molar-refractivity contribution in [2.45, 2.75) is 0 Å². The monoisotopic (exact) mass is 259 g/mol. The number of phenolic OH excluding ortho intramolecular Hbond substituents is 1. The van der Waals surface area contributed by atoms with Crippen LogP contribution in [0.2, 0.25) is 5.02 Å². The van der Waals surface area contributed by atoms with E-state index in [4.69, 9.17) is 16.9 Å². The lowest BCUT2D eigenvalue weighted by Crippen LogP contribution is -2.11. The summed E-state index contributed by atoms with van der Waals surface area (Å²) in [4.78, 5) is 5.92. The van der Waals surface area contributed by atoms with Crippen molar-refractivity contribution in [3.05, 3.63) is 47.1 Å². The Morgan fingerprint density at radius 1 is 1.28 bits per heavy atom. The maximum atomic E-state index is 9.24. The van der Waals surface area contributed by atoms with Crippen molar-refractivity contribution in [1.82, 2.24) is 4.98 Å². The first-order valence-electron chi connectivity index (χ1n) is 5.21. The Labute approximate surface area is 110 Å². The number of nitrogens with zero attached hydrogens (tertiary/aromatic N) is 3. The molecule has 90 valence electrons. The van der Waals surface area contributed by atoms with Crippen LogP contribution < -0.4 is 4.90 Å². The normalized spacial score (nSPS) is 9.83. The third-order valence-electron chi connectivity index (χ3n) is 2.55. The molecule has 0 unspecified atom stereocenters. The maximum Gasteiger partial charge on any atom is 0.152 e. The minimum absolute atomic E-state index is 0.192. The summed E-state index contributed by atoms with van der Waals surface area (Å²) in [5.41, 5.74) is 1.20. The summed E-state index contributed by atoms with van der Waals surface area (Å²) in [5.74, 6) is 0.693. The quantitative estimate of drug-likeness (QED) is 0.900. The van der Waals surface area contributed by atoms with E-state index >= 15 is 0 Å². The molecule has 1 aromatic carbocycles. The Bertz CT molecular complexity index is 605. The smallest absolute Gasteiger partial charge is 0.152 e. The molecular formula is C13H10ClN3O. The van der Waals surface area contributed by atoms with Gasteiger partial charge in [0.1, 0.15) is 16.8 Å². The van der Waals surface area contributed by atoms with Crippen molar-refractivity contribution in [2.75, 3.05) is 11.9 Å². The molecule has 0 aliphatic rings. The number of anilines is 2. The third kappa shape index (κ3) is 2.22. The molecule has 2 rings (SSSR count). The van der Waals surface area contributed by atoms with E-state index in [1.54, 1.807) is 42.3 Å². The third-order valence-corrected chi connectivity index (χ3v) is 2.92. The standard InChI is InChI=1S/C13H10ClN3O/c1-17(10-2-4-11(18)5-3-10)13-12(14)9(8-15)6-7-16-13/h2-7,18H,1H3. The van der Waals surface area contributed by atoms with Crippen LogP contribution in [0.1, 0.15) is 5.56 Å². The second kappa shape index (κ2) is 4.94. The lowest BCUT2D eigenvalue weighted by atomic mass is 10.2. The van der Waals surface area contributed by atoms with Gasteiger partial charge in [0.15, 0.2) is 5.82 Å². The van der Waals surface area contributed by atoms with Crippen molar-refractivity contribution >= 4 is 23.1 Å². The Balaban J connectivity index is 2.43. The van der Waals surface area contributed by atoms with E-state index < -0.39 is 0 Å². The van der Waals surface area contributed by atoms with Gasteiger partial charge in [-0.15, -0.1) is 0 Å². The van der Waals surface area contributed by atoms with Crippen LogP contribution in [0.15, 0.2) is 36.5 Å². The zero-order chi connectivity index (χ0) is 13.1. The van der Waals surface area contributed by atoms with E-state index in [1.807, 2.05) is 6.07 Å². The molecular weight excluding hydrogens is 250 g/mol. The lowest BCUT2D eigenvalue weighted by Gasteiger charge is -2.19. The molecule has 0 saturated heterocycles. The van der Waals surface area contributed by atoms with Crippen LogP contribution in [-0.4, -0.2) is 17.1 Å². The fourth-order valence-electron chi connectivity index (χ4n) is 1.55. The van der Waals surface area contributed by atoms with Crippen molar-refractivity contribution in [2.24, 2.45) is 0 Å². The van der Waals surface area contributed by atoms with Crippen molar-refractivity contribution in [3.8, 4) is 11.8 Å². The molecule has 4 nitrogen and oxygen atoms in total. The van der Waals surface area contributed by atoms with E-state index in [-0.39, 0.29) is 5.75 Å². The van der Waals surface area contributed by atoms with E-state index in [9.17, 15) is 5.11 Å². The number of phenols is 1. The first-order chi connectivity index (χ1) is 8.63. The van der Waals surface area contributed by atoms with Crippen LogP contribution in [-0.2, 0) is 0 Å². The number of aromatic hydroxyl groups is 1. The molecule has 2 aromatic rings. The number of hydrogen-bond acceptors (Lipinski definition) is 4. The number of hydrogen-bond donors (Lipinski definition) is 1. The topological polar surface area (TPSA) is 60.1 Å². The largest absolute Gasteiger partial charge is 0.508 e. The van der Waals surface area contributed by atoms with E-state index in [0.29, 0.717) is 16.4 Å². The van der Waals surface area contributed by atoms with Crippen LogP contribution in [0, 0.1) is 11.3 Å². The minimum atomic E-state index is 0.192. The highest BCUT2D eigenvalue weighted by Gasteiger charge is 2.12. The molecule has 0 spiro atoms. The van der Waals surface area contributed by atoms with Crippen LogP contribution in [0.3, 0.4) is 0 Å². The molecule has 18 heavy (non-hydrogen) atoms. The van der Waals surface area contributed by atoms with Gasteiger partial charge in [-0.25, -0.2) is 4.98 Å². The fourth-order valence-corrected chi connectivity index (χ4v) is 1.83. The number of benzene rings is 1. The molecule has 1 N–H and O–H groups in total. The first kappa shape index (κ1) is 12.2. The summed E-state index contributed by atoms with van der Waals surface area (Å²) in [6.07, 6.45) is 1.54. The van der Waals surface area contributed by atoms with E-state index in [2.05, 4.69) is 4.98 Å². The molecule has 0 aliphatic carbocycles. The van der Waals surface area contributed by atoms with Gasteiger partial charge >= 0.3 is 0 Å². The SMILES string of the molecule is CN(c1ccc(O)cc1)c1nccc(C#N)c1Cl. The number of halogens is 1. The first-order valence-corrected chi connectivity index (χ1v) is 5.58. The second-order valence-electron chi connectivity index (χ2n) is 3.68. The van der Waals surface area contributed by atoms with Crippen molar-refractivity contribution < 1.29 is 5.11 Å². The Hall–Kier alpha value is -2.25. The molecule has 5 heteroatoms. The van der Waals surface area contributed by atoms with Gasteiger partial charge in [-0.05, 0) is 30.3 Å². The highest BCUT2D eigenvalue weighted by atomic mass is 35.5. The average Bonchev–Trinajstić information content (AvgIpc) is 2.39. The minimum Gasteiger partial charge on any atom is -0.508 e. The molecule has 0 amide bonds. The summed E-state index contributed by atoms with van der Waals surface area (Å²) in [6, 6.07) is 10.2. The number of pyridine rings is 1. The van der Waals surface area contributed by atoms with Crippen LogP contribution >= 0.6 is 11.6 Å². The number of aromatic nitrogens is 1. The fraction of sp³-hybridized carbons (Fsp3) is 0.0769. The van der Waals surface area contributed by atoms with Gasteiger partial charge in [-0.1, -0.05) is 11.6 Å². The van der Waals surface area contributed by atoms with Gasteiger partial charge < -0.3 is 10.0 Å². The summed E-state index contributed by atoms with van der Waals surface area (Å²) in [7, 11) is 1.79. The molecule has 0 fully saturated rings. The van der Waals surface area contributed by atoms with Gasteiger partial charge in [0.25, 0.3) is 0 Å². The van der Waals surface area contributed by atoms with Crippen molar-refractivity contribution in [1.29, 1.82) is 5.26 Å². The number of nitriles is 1. The lowest BCUT2D eigenvalue weighted by molar-refractivity contribution is 0.475. The van der Waals surface area contributed by atoms with Gasteiger partial charge in [0.05, 0.1) is 5.56 Å². The Kier molecular flexibility index (Phi) is 3.35. The molecule has 0 radical (unpaired) electrons. The highest BCUT2D eigenvalue weighted by Crippen LogP contribution is 2.31. The van der Waals surface area contributed by atoms with Gasteiger partial charge in [0, 0.05) is 18.9 Å². The Morgan fingerprint density at radius 2 is 1.94 bits per heavy atom. The van der Waals surface area contributed by atoms with Crippen LogP contribution in [0.5, 0.6) is 5.75 Å². The molecule has 1 aromatic heterocycles. The highest BCUT2D eigenvalue weighted by molar-refractivity contribution is 6.34. The Morgan fingerprint density at radius 3 is 2.56 bits per heavy atom. The predicted molar refractivity (Wildman–Crippen MR) is 70.1 cm³/mol. The zero-order valence-corrected chi connectivity index (χ0v) is 10.4. The molecule has 1 heterocycles. The van der Waals surface area contributed by atoms with Gasteiger partial charge in [0.2, 0.25) is 0 Å². The maximum absolute atomic E-state index is 9.24. The summed E-state index contributed by atoms with van der Waals surface area (Å²) in [6.45, 7) is 0. The van der Waals surface area contributed by atoms with Crippen molar-refractivity contribution in [3.63, 3.8) is 0 Å². The second-order valence-corrected chi connectivity index (χ2v) is 4.06. The number of rotatable bonds is 2. The summed E-state index contributed by atoms with van der Waals surface area (Å²) >= 11 is 6.11. The summed E-state index contributed by atoms with van der Waals surface area (Å²) < 4.78 is 0. The molecule has 0 aliphatic heterocycles. The van der Waals surface area contributed by atoms with Gasteiger partial charge in [-0.2, -0.15) is 5.26 Å². The molecule has 0 bridgehead atoms. The molecule has 0 atom stereocenters. The molecule has 0 saturated carbocycles. The van der Waals surface area contributed by atoms with E-state index in [0.717, 1.165) is 5.69 Å². The zero-order valence-electron chi connectivity index (χ0n) is 9.63. The van der Waals surface area contributed by atoms with Crippen LogP contribution in [0.4, 0.5) is 11.5 Å². The van der Waals surface area contributed by atoms with Crippen LogP contribution in [0.25, 0.3) is 0 Å². The average molecular weight is 260 g/mol. The van der Waals surface area contributed by atoms with Gasteiger partial charge in [-0.3, -0.25) is 0 Å². The van der Waals surface area contributed by atoms with E-state index in [1.165, 1.54) is 6.20 Å².